The first-order valence-corrected chi connectivity index (χ1v) is 6.37. The van der Waals surface area contributed by atoms with Crippen LogP contribution < -0.4 is 0 Å². The fourth-order valence-corrected chi connectivity index (χ4v) is 2.09. The molecule has 20 heavy (non-hydrogen) atoms. The van der Waals surface area contributed by atoms with Crippen LogP contribution in [-0.4, -0.2) is 11.7 Å². The highest BCUT2D eigenvalue weighted by Crippen LogP contribution is 2.21. The first-order chi connectivity index (χ1) is 9.74. The quantitative estimate of drug-likeness (QED) is 0.612. The average Bonchev–Trinajstić information content (AvgIpc) is 2.81. The molecule has 0 unspecified atom stereocenters. The van der Waals surface area contributed by atoms with Crippen LogP contribution in [-0.2, 0) is 9.63 Å². The minimum atomic E-state index is -0.394. The van der Waals surface area contributed by atoms with Crippen LogP contribution in [0.2, 0.25) is 0 Å². The second kappa shape index (κ2) is 5.13. The standard InChI is InChI=1S/C17H13NO2/c1-12-16(17(19)20-18-12)11-13-7-9-15(10-8-13)14-5-3-2-4-6-14/h2-11H,1H3/b16-11+. The predicted molar refractivity (Wildman–Crippen MR) is 79.1 cm³/mol. The molecule has 2 aromatic rings. The maximum atomic E-state index is 11.5. The summed E-state index contributed by atoms with van der Waals surface area (Å²) >= 11 is 0. The van der Waals surface area contributed by atoms with E-state index in [1.54, 1.807) is 13.0 Å². The third-order valence-corrected chi connectivity index (χ3v) is 3.20. The second-order valence-electron chi connectivity index (χ2n) is 4.60. The third kappa shape index (κ3) is 2.38. The van der Waals surface area contributed by atoms with Gasteiger partial charge in [0, 0.05) is 0 Å². The Morgan fingerprint density at radius 1 is 0.950 bits per heavy atom. The molecule has 0 fully saturated rings. The van der Waals surface area contributed by atoms with E-state index in [-0.39, 0.29) is 0 Å². The Morgan fingerprint density at radius 3 is 2.20 bits per heavy atom. The highest BCUT2D eigenvalue weighted by molar-refractivity contribution is 6.24. The van der Waals surface area contributed by atoms with Crippen molar-refractivity contribution in [3.05, 3.63) is 65.7 Å². The maximum absolute atomic E-state index is 11.5. The third-order valence-electron chi connectivity index (χ3n) is 3.20. The van der Waals surface area contributed by atoms with Crippen LogP contribution in [0.1, 0.15) is 12.5 Å². The van der Waals surface area contributed by atoms with Gasteiger partial charge in [0.15, 0.2) is 0 Å². The zero-order valence-corrected chi connectivity index (χ0v) is 11.0. The van der Waals surface area contributed by atoms with E-state index in [0.717, 1.165) is 11.1 Å². The van der Waals surface area contributed by atoms with Crippen LogP contribution in [0, 0.1) is 0 Å². The summed E-state index contributed by atoms with van der Waals surface area (Å²) in [6.07, 6.45) is 1.79. The van der Waals surface area contributed by atoms with Gasteiger partial charge in [-0.15, -0.1) is 0 Å². The monoisotopic (exact) mass is 263 g/mol. The van der Waals surface area contributed by atoms with Crippen molar-refractivity contribution in [2.75, 3.05) is 0 Å². The summed E-state index contributed by atoms with van der Waals surface area (Å²) in [6, 6.07) is 18.2. The van der Waals surface area contributed by atoms with Crippen LogP contribution in [0.25, 0.3) is 17.2 Å². The average molecular weight is 263 g/mol. The molecule has 0 atom stereocenters. The SMILES string of the molecule is CC1=NOC(=O)/C1=C/c1ccc(-c2ccccc2)cc1. The molecule has 1 aliphatic rings. The molecule has 0 aromatic heterocycles. The molecular formula is C17H13NO2. The lowest BCUT2D eigenvalue weighted by Gasteiger charge is -2.02. The van der Waals surface area contributed by atoms with Crippen molar-refractivity contribution in [3.63, 3.8) is 0 Å². The molecule has 3 rings (SSSR count). The summed E-state index contributed by atoms with van der Waals surface area (Å²) in [6.45, 7) is 1.76. The van der Waals surface area contributed by atoms with E-state index in [0.29, 0.717) is 11.3 Å². The fraction of sp³-hybridized carbons (Fsp3) is 0.0588. The van der Waals surface area contributed by atoms with Crippen molar-refractivity contribution >= 4 is 17.8 Å². The number of carbonyl (C=O) groups is 1. The van der Waals surface area contributed by atoms with Gasteiger partial charge in [-0.1, -0.05) is 59.8 Å². The van der Waals surface area contributed by atoms with Crippen molar-refractivity contribution < 1.29 is 9.63 Å². The summed E-state index contributed by atoms with van der Waals surface area (Å²) in [5, 5.41) is 3.66. The Kier molecular flexibility index (Phi) is 3.17. The normalized spacial score (nSPS) is 16.1. The molecular weight excluding hydrogens is 250 g/mol. The molecule has 0 aliphatic carbocycles. The smallest absolute Gasteiger partial charge is 0.312 e. The van der Waals surface area contributed by atoms with E-state index in [4.69, 9.17) is 0 Å². The van der Waals surface area contributed by atoms with Gasteiger partial charge in [-0.05, 0) is 29.7 Å². The zero-order chi connectivity index (χ0) is 13.9. The number of benzene rings is 2. The van der Waals surface area contributed by atoms with Crippen LogP contribution in [0.3, 0.4) is 0 Å². The predicted octanol–water partition coefficient (Wildman–Crippen LogP) is 3.67. The number of nitrogens with zero attached hydrogens (tertiary/aromatic N) is 1. The largest absolute Gasteiger partial charge is 0.367 e. The Bertz CT molecular complexity index is 698. The molecule has 0 bridgehead atoms. The number of carbonyl (C=O) groups excluding carboxylic acids is 1. The first-order valence-electron chi connectivity index (χ1n) is 6.37. The molecule has 98 valence electrons. The lowest BCUT2D eigenvalue weighted by atomic mass is 10.0. The van der Waals surface area contributed by atoms with E-state index in [1.165, 1.54) is 5.56 Å². The van der Waals surface area contributed by atoms with Gasteiger partial charge in [0.1, 0.15) is 0 Å². The number of hydrogen-bond acceptors (Lipinski definition) is 3. The molecule has 0 radical (unpaired) electrons. The van der Waals surface area contributed by atoms with Crippen molar-refractivity contribution in [1.29, 1.82) is 0 Å². The minimum absolute atomic E-state index is 0.394. The number of hydrogen-bond donors (Lipinski definition) is 0. The van der Waals surface area contributed by atoms with Gasteiger partial charge < -0.3 is 4.84 Å². The van der Waals surface area contributed by atoms with E-state index < -0.39 is 5.97 Å². The molecule has 0 saturated carbocycles. The van der Waals surface area contributed by atoms with Crippen molar-refractivity contribution in [1.82, 2.24) is 0 Å². The molecule has 0 saturated heterocycles. The van der Waals surface area contributed by atoms with Gasteiger partial charge in [-0.25, -0.2) is 4.79 Å². The van der Waals surface area contributed by atoms with Gasteiger partial charge in [-0.2, -0.15) is 0 Å². The molecule has 1 aliphatic heterocycles. The lowest BCUT2D eigenvalue weighted by Crippen LogP contribution is -2.01. The Balaban J connectivity index is 1.89. The van der Waals surface area contributed by atoms with Crippen LogP contribution in [0.15, 0.2) is 65.3 Å². The molecule has 3 nitrogen and oxygen atoms in total. The highest BCUT2D eigenvalue weighted by Gasteiger charge is 2.21. The molecule has 2 aromatic carbocycles. The van der Waals surface area contributed by atoms with Gasteiger partial charge >= 0.3 is 5.97 Å². The topological polar surface area (TPSA) is 38.7 Å². The summed E-state index contributed by atoms with van der Waals surface area (Å²) in [5.41, 5.74) is 4.39. The maximum Gasteiger partial charge on any atom is 0.367 e. The van der Waals surface area contributed by atoms with Crippen molar-refractivity contribution in [3.8, 4) is 11.1 Å². The number of oxime groups is 1. The molecule has 3 heteroatoms. The minimum Gasteiger partial charge on any atom is -0.312 e. The summed E-state index contributed by atoms with van der Waals surface area (Å²) in [5.74, 6) is -0.394. The highest BCUT2D eigenvalue weighted by atomic mass is 16.7. The Labute approximate surface area is 117 Å². The Hall–Kier alpha value is -2.68. The van der Waals surface area contributed by atoms with E-state index in [1.807, 2.05) is 42.5 Å². The van der Waals surface area contributed by atoms with Gasteiger partial charge in [0.2, 0.25) is 0 Å². The number of rotatable bonds is 2. The van der Waals surface area contributed by atoms with E-state index in [9.17, 15) is 4.79 Å². The van der Waals surface area contributed by atoms with Crippen molar-refractivity contribution in [2.24, 2.45) is 5.16 Å². The van der Waals surface area contributed by atoms with Crippen molar-refractivity contribution in [2.45, 2.75) is 6.92 Å². The van der Waals surface area contributed by atoms with E-state index in [2.05, 4.69) is 22.1 Å². The van der Waals surface area contributed by atoms with Crippen LogP contribution in [0.4, 0.5) is 0 Å². The Morgan fingerprint density at radius 2 is 1.60 bits per heavy atom. The lowest BCUT2D eigenvalue weighted by molar-refractivity contribution is -0.136. The summed E-state index contributed by atoms with van der Waals surface area (Å²) in [4.78, 5) is 16.1. The van der Waals surface area contributed by atoms with Gasteiger partial charge in [0.25, 0.3) is 0 Å². The molecule has 0 N–H and O–H groups in total. The van der Waals surface area contributed by atoms with Gasteiger partial charge in [-0.3, -0.25) is 0 Å². The first kappa shape index (κ1) is 12.4. The van der Waals surface area contributed by atoms with E-state index >= 15 is 0 Å². The van der Waals surface area contributed by atoms with Crippen LogP contribution in [0.5, 0.6) is 0 Å². The molecule has 0 amide bonds. The summed E-state index contributed by atoms with van der Waals surface area (Å²) in [7, 11) is 0. The van der Waals surface area contributed by atoms with Crippen LogP contribution >= 0.6 is 0 Å². The zero-order valence-electron chi connectivity index (χ0n) is 11.0. The fourth-order valence-electron chi connectivity index (χ4n) is 2.09. The summed E-state index contributed by atoms with van der Waals surface area (Å²) < 4.78 is 0. The molecule has 0 spiro atoms. The second-order valence-corrected chi connectivity index (χ2v) is 4.60. The molecule has 1 heterocycles. The van der Waals surface area contributed by atoms with Gasteiger partial charge in [0.05, 0.1) is 11.3 Å².